The smallest absolute Gasteiger partial charge is 0.329 e. The summed E-state index contributed by atoms with van der Waals surface area (Å²) in [6.07, 6.45) is 5.97. The third-order valence-corrected chi connectivity index (χ3v) is 4.61. The predicted octanol–water partition coefficient (Wildman–Crippen LogP) is 2.26. The van der Waals surface area contributed by atoms with Gasteiger partial charge in [0.25, 0.3) is 0 Å². The third-order valence-electron chi connectivity index (χ3n) is 4.61. The Kier molecular flexibility index (Phi) is 3.94. The number of pyridine rings is 1. The van der Waals surface area contributed by atoms with Crippen LogP contribution in [0.1, 0.15) is 31.2 Å². The first-order valence-corrected chi connectivity index (χ1v) is 7.51. The van der Waals surface area contributed by atoms with Crippen molar-refractivity contribution in [1.82, 2.24) is 4.98 Å². The van der Waals surface area contributed by atoms with Gasteiger partial charge in [-0.3, -0.25) is 10.1 Å². The highest BCUT2D eigenvalue weighted by Crippen LogP contribution is 2.42. The van der Waals surface area contributed by atoms with Crippen LogP contribution in [0.2, 0.25) is 0 Å². The molecule has 116 valence electrons. The summed E-state index contributed by atoms with van der Waals surface area (Å²) in [6.45, 7) is 2.49. The van der Waals surface area contributed by atoms with E-state index in [-0.39, 0.29) is 16.7 Å². The van der Waals surface area contributed by atoms with Crippen molar-refractivity contribution in [3.05, 3.63) is 27.9 Å². The molecule has 0 atom stereocenters. The van der Waals surface area contributed by atoms with Crippen LogP contribution in [0, 0.1) is 26.9 Å². The fourth-order valence-corrected chi connectivity index (χ4v) is 3.55. The molecule has 7 nitrogen and oxygen atoms in total. The van der Waals surface area contributed by atoms with Gasteiger partial charge in [0.05, 0.1) is 18.1 Å². The lowest BCUT2D eigenvalue weighted by Gasteiger charge is -2.32. The molecular weight excluding hydrogens is 284 g/mol. The van der Waals surface area contributed by atoms with Crippen molar-refractivity contribution in [1.29, 1.82) is 5.26 Å². The Labute approximate surface area is 128 Å². The number of nitrogens with zero attached hydrogens (tertiary/aromatic N) is 4. The van der Waals surface area contributed by atoms with Gasteiger partial charge in [0, 0.05) is 24.7 Å². The largest absolute Gasteiger partial charge is 0.379 e. The molecule has 0 radical (unpaired) electrons. The SMILES string of the molecule is N#Cc1ccnc(N2CCOCC3(CCCC3)C2)c1[N+](=O)[O-]. The summed E-state index contributed by atoms with van der Waals surface area (Å²) in [7, 11) is 0. The minimum atomic E-state index is -0.506. The number of nitriles is 1. The van der Waals surface area contributed by atoms with Gasteiger partial charge in [0.2, 0.25) is 5.82 Å². The number of hydrogen-bond acceptors (Lipinski definition) is 6. The van der Waals surface area contributed by atoms with E-state index in [1.807, 2.05) is 11.0 Å². The predicted molar refractivity (Wildman–Crippen MR) is 79.5 cm³/mol. The van der Waals surface area contributed by atoms with Crippen molar-refractivity contribution in [2.45, 2.75) is 25.7 Å². The van der Waals surface area contributed by atoms with E-state index in [1.54, 1.807) is 0 Å². The highest BCUT2D eigenvalue weighted by atomic mass is 16.6. The topological polar surface area (TPSA) is 92.3 Å². The molecule has 3 rings (SSSR count). The van der Waals surface area contributed by atoms with E-state index in [2.05, 4.69) is 4.98 Å². The van der Waals surface area contributed by atoms with Crippen molar-refractivity contribution in [2.24, 2.45) is 5.41 Å². The Bertz CT molecular complexity index is 620. The minimum absolute atomic E-state index is 0.0561. The highest BCUT2D eigenvalue weighted by molar-refractivity contribution is 5.65. The minimum Gasteiger partial charge on any atom is -0.379 e. The summed E-state index contributed by atoms with van der Waals surface area (Å²) in [5.41, 5.74) is -0.0741. The molecule has 1 saturated heterocycles. The average Bonchev–Trinajstić information content (AvgIpc) is 2.86. The zero-order valence-electron chi connectivity index (χ0n) is 12.3. The molecule has 0 N–H and O–H groups in total. The Balaban J connectivity index is 1.99. The van der Waals surface area contributed by atoms with Crippen molar-refractivity contribution in [3.63, 3.8) is 0 Å². The molecular formula is C15H18N4O3. The number of aromatic nitrogens is 1. The van der Waals surface area contributed by atoms with Crippen LogP contribution in [0.5, 0.6) is 0 Å². The maximum atomic E-state index is 11.4. The lowest BCUT2D eigenvalue weighted by molar-refractivity contribution is -0.384. The zero-order valence-corrected chi connectivity index (χ0v) is 12.3. The highest BCUT2D eigenvalue weighted by Gasteiger charge is 2.39. The first-order chi connectivity index (χ1) is 10.7. The van der Waals surface area contributed by atoms with Crippen LogP contribution in [-0.2, 0) is 4.74 Å². The van der Waals surface area contributed by atoms with E-state index in [4.69, 9.17) is 10.00 Å². The van der Waals surface area contributed by atoms with E-state index in [0.29, 0.717) is 32.1 Å². The fourth-order valence-electron chi connectivity index (χ4n) is 3.55. The Morgan fingerprint density at radius 2 is 2.23 bits per heavy atom. The van der Waals surface area contributed by atoms with Gasteiger partial charge in [-0.1, -0.05) is 12.8 Å². The quantitative estimate of drug-likeness (QED) is 0.614. The molecule has 0 unspecified atom stereocenters. The Hall–Kier alpha value is -2.20. The summed E-state index contributed by atoms with van der Waals surface area (Å²) in [4.78, 5) is 17.0. The molecule has 7 heteroatoms. The van der Waals surface area contributed by atoms with Gasteiger partial charge < -0.3 is 9.64 Å². The maximum Gasteiger partial charge on any atom is 0.329 e. The third kappa shape index (κ3) is 2.62. The summed E-state index contributed by atoms with van der Waals surface area (Å²) in [6, 6.07) is 3.28. The van der Waals surface area contributed by atoms with E-state index in [9.17, 15) is 10.1 Å². The molecule has 0 amide bonds. The first kappa shape index (κ1) is 14.7. The van der Waals surface area contributed by atoms with Crippen LogP contribution < -0.4 is 4.90 Å². The molecule has 0 bridgehead atoms. The summed E-state index contributed by atoms with van der Waals surface area (Å²) in [5.74, 6) is 0.292. The molecule has 1 spiro atoms. The van der Waals surface area contributed by atoms with Crippen molar-refractivity contribution in [2.75, 3.05) is 31.2 Å². The molecule has 1 saturated carbocycles. The molecule has 1 aromatic heterocycles. The van der Waals surface area contributed by atoms with Crippen LogP contribution in [0.15, 0.2) is 12.3 Å². The van der Waals surface area contributed by atoms with E-state index < -0.39 is 4.92 Å². The molecule has 2 fully saturated rings. The second-order valence-corrected chi connectivity index (χ2v) is 6.08. The van der Waals surface area contributed by atoms with Gasteiger partial charge >= 0.3 is 5.69 Å². The monoisotopic (exact) mass is 302 g/mol. The molecule has 22 heavy (non-hydrogen) atoms. The van der Waals surface area contributed by atoms with Crippen LogP contribution in [0.4, 0.5) is 11.5 Å². The standard InChI is InChI=1S/C15H18N4O3/c16-9-12-3-6-17-14(13(12)19(20)21)18-7-8-22-11-15(10-18)4-1-2-5-15/h3,6H,1-2,4-5,7-8,10-11H2. The number of anilines is 1. The van der Waals surface area contributed by atoms with E-state index >= 15 is 0 Å². The number of ether oxygens (including phenoxy) is 1. The maximum absolute atomic E-state index is 11.4. The summed E-state index contributed by atoms with van der Waals surface area (Å²) in [5, 5.41) is 20.5. The molecule has 1 aliphatic heterocycles. The molecule has 1 aliphatic carbocycles. The Morgan fingerprint density at radius 1 is 1.45 bits per heavy atom. The fraction of sp³-hybridized carbons (Fsp3) is 0.600. The van der Waals surface area contributed by atoms with Crippen LogP contribution in [-0.4, -0.2) is 36.2 Å². The molecule has 0 aromatic carbocycles. The summed E-state index contributed by atoms with van der Waals surface area (Å²) >= 11 is 0. The van der Waals surface area contributed by atoms with Gasteiger partial charge in [0.15, 0.2) is 0 Å². The lowest BCUT2D eigenvalue weighted by atomic mass is 9.86. The van der Waals surface area contributed by atoms with Gasteiger partial charge in [-0.25, -0.2) is 4.98 Å². The van der Waals surface area contributed by atoms with Crippen molar-refractivity contribution in [3.8, 4) is 6.07 Å². The molecule has 2 heterocycles. The molecule has 1 aromatic rings. The summed E-state index contributed by atoms with van der Waals surface area (Å²) < 4.78 is 5.74. The second kappa shape index (κ2) is 5.89. The average molecular weight is 302 g/mol. The number of rotatable bonds is 2. The number of hydrogen-bond donors (Lipinski definition) is 0. The lowest BCUT2D eigenvalue weighted by Crippen LogP contribution is -2.37. The van der Waals surface area contributed by atoms with Crippen LogP contribution in [0.3, 0.4) is 0 Å². The second-order valence-electron chi connectivity index (χ2n) is 6.08. The zero-order chi connectivity index (χ0) is 15.6. The number of nitro groups is 1. The van der Waals surface area contributed by atoms with Gasteiger partial charge in [-0.2, -0.15) is 5.26 Å². The van der Waals surface area contributed by atoms with E-state index in [1.165, 1.54) is 25.1 Å². The van der Waals surface area contributed by atoms with Crippen molar-refractivity contribution >= 4 is 11.5 Å². The Morgan fingerprint density at radius 3 is 2.91 bits per heavy atom. The normalized spacial score (nSPS) is 20.6. The van der Waals surface area contributed by atoms with Crippen LogP contribution >= 0.6 is 0 Å². The van der Waals surface area contributed by atoms with Gasteiger partial charge in [-0.15, -0.1) is 0 Å². The van der Waals surface area contributed by atoms with Gasteiger partial charge in [0.1, 0.15) is 11.6 Å². The van der Waals surface area contributed by atoms with Crippen molar-refractivity contribution < 1.29 is 9.66 Å². The molecule has 2 aliphatic rings. The van der Waals surface area contributed by atoms with Gasteiger partial charge in [-0.05, 0) is 18.9 Å². The van der Waals surface area contributed by atoms with E-state index in [0.717, 1.165) is 12.8 Å². The van der Waals surface area contributed by atoms with Crippen LogP contribution in [0.25, 0.3) is 0 Å². The first-order valence-electron chi connectivity index (χ1n) is 7.51.